The molecule has 0 bridgehead atoms. The van der Waals surface area contributed by atoms with Gasteiger partial charge in [0, 0.05) is 30.8 Å². The van der Waals surface area contributed by atoms with Gasteiger partial charge < -0.3 is 19.3 Å². The van der Waals surface area contributed by atoms with Crippen LogP contribution in [-0.2, 0) is 16.1 Å². The first-order valence-corrected chi connectivity index (χ1v) is 7.79. The molecule has 6 nitrogen and oxygen atoms in total. The maximum absolute atomic E-state index is 12.7. The molecule has 1 heterocycles. The fourth-order valence-electron chi connectivity index (χ4n) is 3.12. The average molecular weight is 338 g/mol. The van der Waals surface area contributed by atoms with E-state index in [1.54, 1.807) is 38.2 Å². The summed E-state index contributed by atoms with van der Waals surface area (Å²) in [5.74, 6) is 0.449. The second kappa shape index (κ2) is 7.51. The summed E-state index contributed by atoms with van der Waals surface area (Å²) in [6.07, 6.45) is 0. The van der Waals surface area contributed by atoms with E-state index in [-0.39, 0.29) is 11.9 Å². The monoisotopic (exact) mass is 338 g/mol. The number of hydrogen-bond donors (Lipinski definition) is 0. The molecule has 0 aliphatic carbocycles. The number of methoxy groups -OCH3 is 2. The van der Waals surface area contributed by atoms with E-state index >= 15 is 0 Å². The molecule has 2 rings (SSSR count). The Morgan fingerprint density at radius 3 is 2.58 bits per heavy atom. The Morgan fingerprint density at radius 2 is 2.00 bits per heavy atom. The molecule has 2 atom stereocenters. The van der Waals surface area contributed by atoms with Crippen molar-refractivity contribution in [1.29, 1.82) is 0 Å². The molecule has 0 unspecified atom stereocenters. The highest BCUT2D eigenvalue weighted by molar-refractivity contribution is 5.89. The summed E-state index contributed by atoms with van der Waals surface area (Å²) >= 11 is 0. The molecule has 132 valence electrons. The number of hydrogen-bond acceptors (Lipinski definition) is 4. The van der Waals surface area contributed by atoms with Crippen LogP contribution in [0.2, 0.25) is 0 Å². The van der Waals surface area contributed by atoms with Gasteiger partial charge in [-0.1, -0.05) is 0 Å². The number of carbonyl (C=O) groups excluding carboxylic acids is 2. The summed E-state index contributed by atoms with van der Waals surface area (Å²) in [5.41, 5.74) is 0.844. The Bertz CT molecular complexity index is 623. The molecular formula is C17H23FN2O4. The number of alkyl halides is 1. The number of nitrogens with zero attached hydrogens (tertiary/aromatic N) is 2. The summed E-state index contributed by atoms with van der Waals surface area (Å²) in [5, 5.41) is 0. The number of halogens is 1. The fraction of sp³-hybridized carbons (Fsp3) is 0.529. The molecule has 0 aromatic heterocycles. The highest BCUT2D eigenvalue weighted by Crippen LogP contribution is 2.27. The highest BCUT2D eigenvalue weighted by atomic mass is 19.1. The molecular weight excluding hydrogens is 315 g/mol. The molecule has 1 fully saturated rings. The van der Waals surface area contributed by atoms with Crippen LogP contribution in [0.3, 0.4) is 0 Å². The third kappa shape index (κ3) is 3.44. The first kappa shape index (κ1) is 18.0. The summed E-state index contributed by atoms with van der Waals surface area (Å²) in [4.78, 5) is 27.3. The quantitative estimate of drug-likeness (QED) is 0.819. The van der Waals surface area contributed by atoms with Crippen molar-refractivity contribution in [1.82, 2.24) is 9.80 Å². The lowest BCUT2D eigenvalue weighted by molar-refractivity contribution is -0.155. The number of piperazine rings is 1. The van der Waals surface area contributed by atoms with E-state index in [0.29, 0.717) is 24.6 Å². The smallest absolute Gasteiger partial charge is 0.254 e. The maximum atomic E-state index is 12.7. The minimum absolute atomic E-state index is 0.201. The molecule has 0 radical (unpaired) electrons. The Hall–Kier alpha value is -2.31. The number of rotatable bonds is 5. The van der Waals surface area contributed by atoms with Crippen LogP contribution < -0.4 is 9.47 Å². The minimum Gasteiger partial charge on any atom is -0.497 e. The first-order chi connectivity index (χ1) is 11.4. The van der Waals surface area contributed by atoms with Crippen molar-refractivity contribution < 1.29 is 23.5 Å². The molecule has 1 saturated heterocycles. The Labute approximate surface area is 141 Å². The van der Waals surface area contributed by atoms with Gasteiger partial charge in [-0.05, 0) is 26.0 Å². The SMILES string of the molecule is COc1ccc(CN2C[C@@H](C)N(C(=O)CF)[C@@H](C)C2=O)c(OC)c1. The van der Waals surface area contributed by atoms with Crippen molar-refractivity contribution >= 4 is 11.8 Å². The van der Waals surface area contributed by atoms with E-state index < -0.39 is 18.6 Å². The Kier molecular flexibility index (Phi) is 5.64. The molecule has 1 aromatic carbocycles. The van der Waals surface area contributed by atoms with Crippen LogP contribution in [0.1, 0.15) is 19.4 Å². The molecule has 24 heavy (non-hydrogen) atoms. The zero-order valence-corrected chi connectivity index (χ0v) is 14.4. The number of carbonyl (C=O) groups is 2. The largest absolute Gasteiger partial charge is 0.497 e. The molecule has 1 aliphatic rings. The lowest BCUT2D eigenvalue weighted by Gasteiger charge is -2.43. The van der Waals surface area contributed by atoms with Crippen LogP contribution >= 0.6 is 0 Å². The first-order valence-electron chi connectivity index (χ1n) is 7.79. The minimum atomic E-state index is -1.09. The van der Waals surface area contributed by atoms with E-state index in [1.165, 1.54) is 4.90 Å². The van der Waals surface area contributed by atoms with Crippen LogP contribution in [0.15, 0.2) is 18.2 Å². The van der Waals surface area contributed by atoms with Crippen molar-refractivity contribution in [3.05, 3.63) is 23.8 Å². The lowest BCUT2D eigenvalue weighted by atomic mass is 10.1. The van der Waals surface area contributed by atoms with Crippen molar-refractivity contribution in [3.8, 4) is 11.5 Å². The van der Waals surface area contributed by atoms with Gasteiger partial charge in [0.1, 0.15) is 17.5 Å². The van der Waals surface area contributed by atoms with Crippen LogP contribution in [-0.4, -0.2) is 61.1 Å². The van der Waals surface area contributed by atoms with E-state index in [1.807, 2.05) is 13.0 Å². The normalized spacial score (nSPS) is 21.0. The summed E-state index contributed by atoms with van der Waals surface area (Å²) in [6.45, 7) is 3.06. The van der Waals surface area contributed by atoms with E-state index in [2.05, 4.69) is 0 Å². The summed E-state index contributed by atoms with van der Waals surface area (Å²) < 4.78 is 23.2. The maximum Gasteiger partial charge on any atom is 0.254 e. The fourth-order valence-corrected chi connectivity index (χ4v) is 3.12. The van der Waals surface area contributed by atoms with E-state index in [0.717, 1.165) is 5.56 Å². The molecule has 0 saturated carbocycles. The van der Waals surface area contributed by atoms with Gasteiger partial charge in [0.2, 0.25) is 5.91 Å². The van der Waals surface area contributed by atoms with Crippen molar-refractivity contribution in [2.45, 2.75) is 32.5 Å². The molecule has 1 aliphatic heterocycles. The predicted molar refractivity (Wildman–Crippen MR) is 86.7 cm³/mol. The molecule has 7 heteroatoms. The summed E-state index contributed by atoms with van der Waals surface area (Å²) in [6, 6.07) is 4.49. The number of ether oxygens (including phenoxy) is 2. The topological polar surface area (TPSA) is 59.1 Å². The van der Waals surface area contributed by atoms with Crippen molar-refractivity contribution in [2.75, 3.05) is 27.4 Å². The van der Waals surface area contributed by atoms with Gasteiger partial charge in [0.25, 0.3) is 5.91 Å². The van der Waals surface area contributed by atoms with E-state index in [9.17, 15) is 14.0 Å². The van der Waals surface area contributed by atoms with Gasteiger partial charge >= 0.3 is 0 Å². The number of amides is 2. The molecule has 0 spiro atoms. The molecule has 1 aromatic rings. The van der Waals surface area contributed by atoms with Gasteiger partial charge in [0.15, 0.2) is 6.67 Å². The third-order valence-corrected chi connectivity index (χ3v) is 4.30. The van der Waals surface area contributed by atoms with Gasteiger partial charge in [-0.2, -0.15) is 0 Å². The Morgan fingerprint density at radius 1 is 1.29 bits per heavy atom. The van der Waals surface area contributed by atoms with Crippen LogP contribution in [0.5, 0.6) is 11.5 Å². The average Bonchev–Trinajstić information content (AvgIpc) is 2.59. The highest BCUT2D eigenvalue weighted by Gasteiger charge is 2.38. The Balaban J connectivity index is 2.20. The van der Waals surface area contributed by atoms with Gasteiger partial charge in [-0.25, -0.2) is 4.39 Å². The van der Waals surface area contributed by atoms with Crippen molar-refractivity contribution in [3.63, 3.8) is 0 Å². The third-order valence-electron chi connectivity index (χ3n) is 4.30. The van der Waals surface area contributed by atoms with Crippen molar-refractivity contribution in [2.24, 2.45) is 0 Å². The van der Waals surface area contributed by atoms with Crippen LogP contribution in [0.4, 0.5) is 4.39 Å². The van der Waals surface area contributed by atoms with Crippen LogP contribution in [0, 0.1) is 0 Å². The van der Waals surface area contributed by atoms with Gasteiger partial charge in [0.05, 0.1) is 14.2 Å². The zero-order valence-electron chi connectivity index (χ0n) is 14.4. The second-order valence-corrected chi connectivity index (χ2v) is 5.86. The van der Waals surface area contributed by atoms with Crippen LogP contribution in [0.25, 0.3) is 0 Å². The van der Waals surface area contributed by atoms with Gasteiger partial charge in [-0.15, -0.1) is 0 Å². The standard InChI is InChI=1S/C17H23FN2O4/c1-11-9-19(17(22)12(2)20(11)16(21)8-18)10-13-5-6-14(23-3)7-15(13)24-4/h5-7,11-12H,8-10H2,1-4H3/t11-,12+/m1/s1. The molecule has 0 N–H and O–H groups in total. The summed E-state index contributed by atoms with van der Waals surface area (Å²) in [7, 11) is 3.13. The second-order valence-electron chi connectivity index (χ2n) is 5.86. The zero-order chi connectivity index (χ0) is 17.9. The molecule has 2 amide bonds. The predicted octanol–water partition coefficient (Wildman–Crippen LogP) is 1.62. The van der Waals surface area contributed by atoms with Gasteiger partial charge in [-0.3, -0.25) is 9.59 Å². The lowest BCUT2D eigenvalue weighted by Crippen LogP contribution is -2.61. The van der Waals surface area contributed by atoms with E-state index in [4.69, 9.17) is 9.47 Å². The number of benzene rings is 1.